The monoisotopic (exact) mass is 315 g/mol. The quantitative estimate of drug-likeness (QED) is 0.922. The molecule has 2 rings (SSSR count). The maximum atomic E-state index is 8.90. The summed E-state index contributed by atoms with van der Waals surface area (Å²) in [7, 11) is 0. The molecular weight excluding hydrogens is 302 g/mol. The molecule has 0 radical (unpaired) electrons. The van der Waals surface area contributed by atoms with Crippen molar-refractivity contribution in [2.24, 2.45) is 5.73 Å². The summed E-state index contributed by atoms with van der Waals surface area (Å²) in [5.41, 5.74) is 5.86. The average molecular weight is 316 g/mol. The van der Waals surface area contributed by atoms with E-state index in [0.717, 1.165) is 10.3 Å². The normalized spacial score (nSPS) is 23.2. The lowest BCUT2D eigenvalue weighted by Crippen LogP contribution is -2.45. The van der Waals surface area contributed by atoms with Crippen molar-refractivity contribution in [2.45, 2.75) is 12.1 Å². The van der Waals surface area contributed by atoms with Gasteiger partial charge in [0.2, 0.25) is 0 Å². The van der Waals surface area contributed by atoms with E-state index in [1.54, 1.807) is 11.3 Å². The zero-order valence-electron chi connectivity index (χ0n) is 9.30. The summed E-state index contributed by atoms with van der Waals surface area (Å²) < 4.78 is 6.45. The SMILES string of the molecule is N#CC1CN(C(CN)c2ccc(Br)s2)CCO1. The third-order valence-corrected chi connectivity index (χ3v) is 4.55. The summed E-state index contributed by atoms with van der Waals surface area (Å²) in [6.45, 7) is 2.62. The molecule has 1 saturated heterocycles. The molecule has 0 aromatic carbocycles. The predicted octanol–water partition coefficient (Wildman–Crippen LogP) is 1.73. The van der Waals surface area contributed by atoms with Crippen LogP contribution in [-0.4, -0.2) is 37.2 Å². The maximum Gasteiger partial charge on any atom is 0.156 e. The molecule has 0 bridgehead atoms. The van der Waals surface area contributed by atoms with Crippen LogP contribution in [-0.2, 0) is 4.74 Å². The Morgan fingerprint density at radius 3 is 3.12 bits per heavy atom. The Balaban J connectivity index is 2.10. The second-order valence-corrected chi connectivity index (χ2v) is 6.37. The molecule has 1 aromatic rings. The summed E-state index contributed by atoms with van der Waals surface area (Å²) >= 11 is 5.16. The lowest BCUT2D eigenvalue weighted by Gasteiger charge is -2.35. The molecule has 0 amide bonds. The van der Waals surface area contributed by atoms with Gasteiger partial charge in [0.05, 0.1) is 22.5 Å². The van der Waals surface area contributed by atoms with Gasteiger partial charge in [-0.25, -0.2) is 0 Å². The number of halogens is 1. The number of nitrogens with two attached hydrogens (primary N) is 1. The second kappa shape index (κ2) is 5.94. The molecule has 1 aliphatic heterocycles. The van der Waals surface area contributed by atoms with Gasteiger partial charge in [0.15, 0.2) is 6.10 Å². The molecule has 2 heterocycles. The topological polar surface area (TPSA) is 62.3 Å². The molecule has 0 aliphatic carbocycles. The lowest BCUT2D eigenvalue weighted by molar-refractivity contribution is -0.0155. The minimum Gasteiger partial charge on any atom is -0.361 e. The van der Waals surface area contributed by atoms with Crippen LogP contribution in [0.2, 0.25) is 0 Å². The molecule has 1 aliphatic rings. The van der Waals surface area contributed by atoms with Crippen LogP contribution < -0.4 is 5.73 Å². The highest BCUT2D eigenvalue weighted by molar-refractivity contribution is 9.11. The van der Waals surface area contributed by atoms with Crippen molar-refractivity contribution in [1.29, 1.82) is 5.26 Å². The number of nitriles is 1. The molecule has 4 nitrogen and oxygen atoms in total. The Morgan fingerprint density at radius 1 is 1.71 bits per heavy atom. The predicted molar refractivity (Wildman–Crippen MR) is 70.7 cm³/mol. The number of nitrogens with zero attached hydrogens (tertiary/aromatic N) is 2. The molecule has 1 aromatic heterocycles. The zero-order chi connectivity index (χ0) is 12.3. The van der Waals surface area contributed by atoms with E-state index in [2.05, 4.69) is 33.0 Å². The lowest BCUT2D eigenvalue weighted by atomic mass is 10.1. The Hall–Kier alpha value is -0.450. The van der Waals surface area contributed by atoms with Crippen molar-refractivity contribution < 1.29 is 4.74 Å². The molecule has 0 saturated carbocycles. The first-order valence-corrected chi connectivity index (χ1v) is 7.06. The molecule has 0 spiro atoms. The number of ether oxygens (including phenoxy) is 1. The number of rotatable bonds is 3. The Morgan fingerprint density at radius 2 is 2.53 bits per heavy atom. The molecule has 1 fully saturated rings. The van der Waals surface area contributed by atoms with Crippen molar-refractivity contribution in [1.82, 2.24) is 4.90 Å². The molecule has 17 heavy (non-hydrogen) atoms. The van der Waals surface area contributed by atoms with Crippen molar-refractivity contribution in [3.05, 3.63) is 20.8 Å². The largest absolute Gasteiger partial charge is 0.361 e. The molecular formula is C11H14BrN3OS. The van der Waals surface area contributed by atoms with Crippen LogP contribution in [0.3, 0.4) is 0 Å². The highest BCUT2D eigenvalue weighted by Crippen LogP contribution is 2.31. The van der Waals surface area contributed by atoms with Crippen LogP contribution in [0, 0.1) is 11.3 Å². The van der Waals surface area contributed by atoms with E-state index in [9.17, 15) is 0 Å². The summed E-state index contributed by atoms with van der Waals surface area (Å²) in [5, 5.41) is 8.90. The summed E-state index contributed by atoms with van der Waals surface area (Å²) in [4.78, 5) is 3.47. The highest BCUT2D eigenvalue weighted by atomic mass is 79.9. The van der Waals surface area contributed by atoms with Crippen molar-refractivity contribution in [2.75, 3.05) is 26.2 Å². The minimum atomic E-state index is -0.332. The average Bonchev–Trinajstić information content (AvgIpc) is 2.77. The van der Waals surface area contributed by atoms with Gasteiger partial charge in [-0.15, -0.1) is 11.3 Å². The first-order valence-electron chi connectivity index (χ1n) is 5.45. The van der Waals surface area contributed by atoms with Crippen LogP contribution in [0.25, 0.3) is 0 Å². The van der Waals surface area contributed by atoms with Gasteiger partial charge < -0.3 is 10.5 Å². The molecule has 92 valence electrons. The third kappa shape index (κ3) is 3.06. The van der Waals surface area contributed by atoms with E-state index in [4.69, 9.17) is 15.7 Å². The number of hydrogen-bond acceptors (Lipinski definition) is 5. The number of thiophene rings is 1. The summed E-state index contributed by atoms with van der Waals surface area (Å²) in [5.74, 6) is 0. The van der Waals surface area contributed by atoms with Crippen molar-refractivity contribution in [3.8, 4) is 6.07 Å². The smallest absolute Gasteiger partial charge is 0.156 e. The zero-order valence-corrected chi connectivity index (χ0v) is 11.7. The van der Waals surface area contributed by atoms with Crippen LogP contribution in [0.15, 0.2) is 15.9 Å². The van der Waals surface area contributed by atoms with E-state index in [0.29, 0.717) is 19.7 Å². The Labute approximate surface area is 113 Å². The van der Waals surface area contributed by atoms with Crippen molar-refractivity contribution >= 4 is 27.3 Å². The van der Waals surface area contributed by atoms with Gasteiger partial charge in [-0.1, -0.05) is 0 Å². The van der Waals surface area contributed by atoms with Gasteiger partial charge in [0.25, 0.3) is 0 Å². The third-order valence-electron chi connectivity index (χ3n) is 2.83. The van der Waals surface area contributed by atoms with Gasteiger partial charge >= 0.3 is 0 Å². The standard InChI is InChI=1S/C11H14BrN3OS/c12-11-2-1-10(17-11)9(6-14)15-3-4-16-8(5-13)7-15/h1-2,8-9H,3-4,6-7,14H2. The van der Waals surface area contributed by atoms with Crippen LogP contribution in [0.1, 0.15) is 10.9 Å². The van der Waals surface area contributed by atoms with Gasteiger partial charge in [0, 0.05) is 24.5 Å². The van der Waals surface area contributed by atoms with Crippen LogP contribution >= 0.6 is 27.3 Å². The van der Waals surface area contributed by atoms with Crippen LogP contribution in [0.4, 0.5) is 0 Å². The van der Waals surface area contributed by atoms with Crippen LogP contribution in [0.5, 0.6) is 0 Å². The van der Waals surface area contributed by atoms with Gasteiger partial charge in [-0.05, 0) is 28.1 Å². The highest BCUT2D eigenvalue weighted by Gasteiger charge is 2.27. The van der Waals surface area contributed by atoms with E-state index >= 15 is 0 Å². The Kier molecular flexibility index (Phi) is 4.54. The van der Waals surface area contributed by atoms with E-state index in [-0.39, 0.29) is 12.1 Å². The van der Waals surface area contributed by atoms with Gasteiger partial charge in [-0.2, -0.15) is 5.26 Å². The van der Waals surface area contributed by atoms with E-state index in [1.165, 1.54) is 4.88 Å². The van der Waals surface area contributed by atoms with Gasteiger partial charge in [-0.3, -0.25) is 4.90 Å². The first-order chi connectivity index (χ1) is 8.24. The number of hydrogen-bond donors (Lipinski definition) is 1. The summed E-state index contributed by atoms with van der Waals surface area (Å²) in [6.07, 6.45) is -0.332. The molecule has 2 unspecified atom stereocenters. The fourth-order valence-electron chi connectivity index (χ4n) is 1.98. The van der Waals surface area contributed by atoms with E-state index in [1.807, 2.05) is 6.07 Å². The first kappa shape index (κ1) is 13.0. The molecule has 2 atom stereocenters. The minimum absolute atomic E-state index is 0.186. The number of morpholine rings is 1. The Bertz CT molecular complexity index is 417. The molecule has 2 N–H and O–H groups in total. The van der Waals surface area contributed by atoms with Gasteiger partial charge in [0.1, 0.15) is 0 Å². The fraction of sp³-hybridized carbons (Fsp3) is 0.545. The maximum absolute atomic E-state index is 8.90. The second-order valence-electron chi connectivity index (χ2n) is 3.88. The molecule has 6 heteroatoms. The van der Waals surface area contributed by atoms with Crippen molar-refractivity contribution in [3.63, 3.8) is 0 Å². The fourth-order valence-corrected chi connectivity index (χ4v) is 3.55. The summed E-state index contributed by atoms with van der Waals surface area (Å²) in [6, 6.07) is 6.46. The van der Waals surface area contributed by atoms with E-state index < -0.39 is 0 Å².